The third-order valence-electron chi connectivity index (χ3n) is 22.0. The second-order valence-electron chi connectivity index (χ2n) is 31.7. The lowest BCUT2D eigenvalue weighted by atomic mass is 9.96. The fourth-order valence-electron chi connectivity index (χ4n) is 14.9. The highest BCUT2D eigenvalue weighted by Gasteiger charge is 2.54. The van der Waals surface area contributed by atoms with Crippen LogP contribution in [0.1, 0.15) is 354 Å². The van der Waals surface area contributed by atoms with Gasteiger partial charge in [-0.05, 0) is 70.6 Å². The predicted molar refractivity (Wildman–Crippen MR) is 443 cm³/mol. The zero-order valence-corrected chi connectivity index (χ0v) is 69.0. The van der Waals surface area contributed by atoms with Crippen molar-refractivity contribution in [2.24, 2.45) is 0 Å². The van der Waals surface area contributed by atoms with Gasteiger partial charge in [0, 0.05) is 6.42 Å². The van der Waals surface area contributed by atoms with E-state index in [2.05, 4.69) is 104 Å². The third kappa shape index (κ3) is 48.5. The van der Waals surface area contributed by atoms with Gasteiger partial charge >= 0.3 is 0 Å². The van der Waals surface area contributed by atoms with E-state index in [-0.39, 0.29) is 18.9 Å². The minimum absolute atomic E-state index is 0.244. The third-order valence-corrected chi connectivity index (χ3v) is 22.0. The number of hydrogen-bond donors (Lipinski definition) is 12. The van der Waals surface area contributed by atoms with Crippen LogP contribution in [0.15, 0.2) is 85.1 Å². The highest BCUT2D eigenvalue weighted by atomic mass is 16.8. The summed E-state index contributed by atoms with van der Waals surface area (Å²) >= 11 is 0. The van der Waals surface area contributed by atoms with E-state index < -0.39 is 124 Å². The van der Waals surface area contributed by atoms with Crippen molar-refractivity contribution in [3.63, 3.8) is 0 Å². The van der Waals surface area contributed by atoms with Crippen LogP contribution in [0.25, 0.3) is 0 Å². The van der Waals surface area contributed by atoms with Crippen LogP contribution in [-0.4, -0.2) is 193 Å². The summed E-state index contributed by atoms with van der Waals surface area (Å²) in [6.07, 6.45) is 68.2. The molecule has 0 aliphatic carbocycles. The summed E-state index contributed by atoms with van der Waals surface area (Å²) in [6.45, 7) is 1.73. The summed E-state index contributed by atoms with van der Waals surface area (Å²) in [4.78, 5) is 13.5. The van der Waals surface area contributed by atoms with E-state index in [0.29, 0.717) is 12.8 Å². The molecule has 0 aromatic carbocycles. The Morgan fingerprint density at radius 1 is 0.336 bits per heavy atom. The molecule has 12 N–H and O–H groups in total. The van der Waals surface area contributed by atoms with Gasteiger partial charge < -0.3 is 89.9 Å². The van der Waals surface area contributed by atoms with Gasteiger partial charge in [0.25, 0.3) is 0 Å². The van der Waals surface area contributed by atoms with Gasteiger partial charge in [-0.25, -0.2) is 0 Å². The number of ether oxygens (including phenoxy) is 6. The molecule has 3 rings (SSSR count). The largest absolute Gasteiger partial charge is 0.394 e. The first-order chi connectivity index (χ1) is 53.8. The molecule has 19 nitrogen and oxygen atoms in total. The maximum Gasteiger partial charge on any atom is 0.220 e. The summed E-state index contributed by atoms with van der Waals surface area (Å²) in [5.74, 6) is -0.244. The summed E-state index contributed by atoms with van der Waals surface area (Å²) < 4.78 is 34.6. The molecule has 1 amide bonds. The summed E-state index contributed by atoms with van der Waals surface area (Å²) in [5.41, 5.74) is 0. The lowest BCUT2D eigenvalue weighted by molar-refractivity contribution is -0.379. The van der Waals surface area contributed by atoms with Crippen molar-refractivity contribution in [3.8, 4) is 0 Å². The molecule has 0 aromatic rings. The van der Waals surface area contributed by atoms with Gasteiger partial charge in [0.2, 0.25) is 5.91 Å². The molecule has 0 saturated carbocycles. The van der Waals surface area contributed by atoms with Gasteiger partial charge in [-0.2, -0.15) is 0 Å². The van der Waals surface area contributed by atoms with Crippen LogP contribution in [0, 0.1) is 0 Å². The molecule has 110 heavy (non-hydrogen) atoms. The Balaban J connectivity index is 1.33. The fourth-order valence-corrected chi connectivity index (χ4v) is 14.9. The minimum atomic E-state index is -1.98. The van der Waals surface area contributed by atoms with Gasteiger partial charge in [0.15, 0.2) is 18.9 Å². The van der Waals surface area contributed by atoms with E-state index in [9.17, 15) is 61.0 Å². The molecule has 0 spiro atoms. The van der Waals surface area contributed by atoms with Crippen molar-refractivity contribution >= 4 is 5.91 Å². The first kappa shape index (κ1) is 101. The molecule has 3 heterocycles. The first-order valence-electron chi connectivity index (χ1n) is 44.8. The minimum Gasteiger partial charge on any atom is -0.394 e. The van der Waals surface area contributed by atoms with E-state index in [4.69, 9.17) is 28.4 Å². The smallest absolute Gasteiger partial charge is 0.220 e. The number of hydrogen-bond acceptors (Lipinski definition) is 18. The van der Waals surface area contributed by atoms with E-state index in [0.717, 1.165) is 96.3 Å². The Morgan fingerprint density at radius 3 is 0.982 bits per heavy atom. The molecule has 17 atom stereocenters. The molecule has 0 radical (unpaired) electrons. The number of rotatable bonds is 72. The molecule has 3 aliphatic rings. The Bertz CT molecular complexity index is 2310. The lowest BCUT2D eigenvalue weighted by Gasteiger charge is -2.48. The zero-order chi connectivity index (χ0) is 79.5. The topological polar surface area (TPSA) is 307 Å². The van der Waals surface area contributed by atoms with Crippen LogP contribution in [0.3, 0.4) is 0 Å². The number of amides is 1. The molecule has 0 bridgehead atoms. The van der Waals surface area contributed by atoms with Gasteiger partial charge in [-0.1, -0.05) is 362 Å². The molecule has 0 aromatic heterocycles. The van der Waals surface area contributed by atoms with Crippen LogP contribution < -0.4 is 5.32 Å². The SMILES string of the molecule is CC/C=C\C/C=C\C/C=C\C/C=C\C/C=C\C/C=C\C/C=C\CCCCCCCCCCCCCC(=O)NC(COC1OC(CO)C(OC2OC(CO)C(OC3OC(CO)C(O)C(O)C3O)C(O)C2O)C(O)C1O)C(O)CCCCCCCCCCCCCCCCCCCCCCCCCCCCCCCCCC. The van der Waals surface area contributed by atoms with E-state index in [1.807, 2.05) is 0 Å². The number of carbonyl (C=O) groups is 1. The summed E-state index contributed by atoms with van der Waals surface area (Å²) in [7, 11) is 0. The normalized spacial score (nSPS) is 25.6. The predicted octanol–water partition coefficient (Wildman–Crippen LogP) is 16.9. The van der Waals surface area contributed by atoms with Crippen molar-refractivity contribution in [1.82, 2.24) is 5.32 Å². The molecule has 3 fully saturated rings. The van der Waals surface area contributed by atoms with Gasteiger partial charge in [0.05, 0.1) is 38.6 Å². The maximum atomic E-state index is 13.5. The van der Waals surface area contributed by atoms with Crippen molar-refractivity contribution in [1.29, 1.82) is 0 Å². The molecular formula is C91H163NO18. The number of unbranched alkanes of at least 4 members (excludes halogenated alkanes) is 42. The number of allylic oxidation sites excluding steroid dienone is 14. The Hall–Kier alpha value is -3.03. The van der Waals surface area contributed by atoms with Crippen LogP contribution >= 0.6 is 0 Å². The number of aliphatic hydroxyl groups excluding tert-OH is 11. The monoisotopic (exact) mass is 1560 g/mol. The maximum absolute atomic E-state index is 13.5. The summed E-state index contributed by atoms with van der Waals surface area (Å²) in [6, 6.07) is -0.897. The van der Waals surface area contributed by atoms with Crippen LogP contribution in [-0.2, 0) is 33.2 Å². The second-order valence-corrected chi connectivity index (χ2v) is 31.7. The quantitative estimate of drug-likeness (QED) is 0.0199. The highest BCUT2D eigenvalue weighted by Crippen LogP contribution is 2.34. The van der Waals surface area contributed by atoms with E-state index in [1.165, 1.54) is 225 Å². The van der Waals surface area contributed by atoms with Crippen molar-refractivity contribution < 1.29 is 89.4 Å². The van der Waals surface area contributed by atoms with Crippen molar-refractivity contribution in [2.45, 2.75) is 458 Å². The number of carbonyl (C=O) groups excluding carboxylic acids is 1. The Labute approximate surface area is 667 Å². The first-order valence-corrected chi connectivity index (χ1v) is 44.8. The summed E-state index contributed by atoms with van der Waals surface area (Å²) in [5, 5.41) is 121. The molecule has 3 aliphatic heterocycles. The molecule has 19 heteroatoms. The van der Waals surface area contributed by atoms with Crippen LogP contribution in [0.4, 0.5) is 0 Å². The molecule has 3 saturated heterocycles. The van der Waals surface area contributed by atoms with Crippen molar-refractivity contribution in [3.05, 3.63) is 85.1 Å². The number of nitrogens with one attached hydrogen (secondary N) is 1. The molecule has 640 valence electrons. The lowest BCUT2D eigenvalue weighted by Crippen LogP contribution is -2.66. The fraction of sp³-hybridized carbons (Fsp3) is 0.835. The Kier molecular flexibility index (Phi) is 64.6. The van der Waals surface area contributed by atoms with Crippen molar-refractivity contribution in [2.75, 3.05) is 26.4 Å². The Morgan fingerprint density at radius 2 is 0.627 bits per heavy atom. The van der Waals surface area contributed by atoms with Gasteiger partial charge in [-0.3, -0.25) is 4.79 Å². The van der Waals surface area contributed by atoms with Gasteiger partial charge in [-0.15, -0.1) is 0 Å². The molecule has 17 unspecified atom stereocenters. The van der Waals surface area contributed by atoms with E-state index >= 15 is 0 Å². The highest BCUT2D eigenvalue weighted by molar-refractivity contribution is 5.76. The van der Waals surface area contributed by atoms with Gasteiger partial charge in [0.1, 0.15) is 73.2 Å². The average Bonchev–Trinajstić information content (AvgIpc) is 0.780. The van der Waals surface area contributed by atoms with Crippen LogP contribution in [0.5, 0.6) is 0 Å². The average molecular weight is 1560 g/mol. The molecular weight excluding hydrogens is 1390 g/mol. The second kappa shape index (κ2) is 70.2. The number of aliphatic hydroxyl groups is 11. The van der Waals surface area contributed by atoms with Crippen LogP contribution in [0.2, 0.25) is 0 Å². The standard InChI is InChI=1S/C91H163NO18/c1-3-5-7-9-11-13-15-17-19-21-23-25-27-29-31-33-35-37-39-41-43-45-47-49-51-53-55-57-59-61-63-65-67-69-79(97)92-74(75(96)68-66-64-62-60-58-56-54-52-50-48-46-44-42-40-38-36-34-32-30-28-26-24-22-20-18-16-14-12-10-8-6-4-2)73-105-89-85(103)82(100)87(77(71-94)107-89)110-91-86(104)83(101)88(78(72-95)108-91)109-90-84(102)81(99)80(98)76(70-93)106-90/h5,7,11,13,17,19,23,25,29,31,35,37,41,43,74-78,80-91,93-96,98-104H,3-4,6,8-10,12,14-16,18,20-22,24,26-28,30,32-34,36,38-40,42,44-73H2,1-2H3,(H,92,97)/b7-5-,13-11-,19-17-,25-23-,31-29-,37-35-,43-41-. The zero-order valence-electron chi connectivity index (χ0n) is 69.0. The van der Waals surface area contributed by atoms with E-state index in [1.54, 1.807) is 0 Å².